The second kappa shape index (κ2) is 6.09. The number of rotatable bonds is 5. The van der Waals surface area contributed by atoms with E-state index in [1.54, 1.807) is 7.11 Å². The predicted molar refractivity (Wildman–Crippen MR) is 79.0 cm³/mol. The topological polar surface area (TPSA) is 39.1 Å². The Morgan fingerprint density at radius 1 is 1.40 bits per heavy atom. The normalized spacial score (nSPS) is 17.8. The van der Waals surface area contributed by atoms with Crippen LogP contribution in [-0.2, 0) is 19.4 Å². The lowest BCUT2D eigenvalue weighted by atomic mass is 9.88. The van der Waals surface area contributed by atoms with Crippen molar-refractivity contribution in [2.24, 2.45) is 0 Å². The Kier molecular flexibility index (Phi) is 4.02. The van der Waals surface area contributed by atoms with Crippen LogP contribution in [0, 0.1) is 0 Å². The second-order valence-electron chi connectivity index (χ2n) is 5.30. The molecule has 4 nitrogen and oxygen atoms in total. The van der Waals surface area contributed by atoms with Gasteiger partial charge in [0.05, 0.1) is 13.7 Å². The van der Waals surface area contributed by atoms with Crippen LogP contribution in [0.3, 0.4) is 0 Å². The molecule has 1 heterocycles. The first-order valence-corrected chi connectivity index (χ1v) is 7.22. The maximum atomic E-state index is 5.31. The van der Waals surface area contributed by atoms with Gasteiger partial charge in [-0.05, 0) is 48.6 Å². The third-order valence-electron chi connectivity index (χ3n) is 3.97. The number of nitrogens with one attached hydrogen (secondary N) is 1. The van der Waals surface area contributed by atoms with Crippen LogP contribution in [0.2, 0.25) is 0 Å². The highest BCUT2D eigenvalue weighted by Crippen LogP contribution is 2.25. The minimum atomic E-state index is 0.560. The third kappa shape index (κ3) is 3.02. The Labute approximate surface area is 119 Å². The molecule has 106 valence electrons. The number of hydrogen-bond acceptors (Lipinski definition) is 3. The molecule has 0 fully saturated rings. The molecule has 2 aromatic rings. The van der Waals surface area contributed by atoms with E-state index in [9.17, 15) is 0 Å². The van der Waals surface area contributed by atoms with Gasteiger partial charge in [-0.15, -0.1) is 0 Å². The van der Waals surface area contributed by atoms with Gasteiger partial charge in [-0.25, -0.2) is 0 Å². The quantitative estimate of drug-likeness (QED) is 0.904. The van der Waals surface area contributed by atoms with Crippen molar-refractivity contribution in [2.45, 2.75) is 31.8 Å². The minimum absolute atomic E-state index is 0.560. The molecule has 4 heteroatoms. The van der Waals surface area contributed by atoms with Crippen molar-refractivity contribution < 1.29 is 4.74 Å². The van der Waals surface area contributed by atoms with Gasteiger partial charge in [-0.3, -0.25) is 4.68 Å². The number of benzene rings is 1. The van der Waals surface area contributed by atoms with Crippen LogP contribution < -0.4 is 10.1 Å². The lowest BCUT2D eigenvalue weighted by Crippen LogP contribution is -2.36. The summed E-state index contributed by atoms with van der Waals surface area (Å²) in [6, 6.07) is 8.96. The van der Waals surface area contributed by atoms with Crippen LogP contribution in [0.5, 0.6) is 5.75 Å². The zero-order chi connectivity index (χ0) is 13.8. The van der Waals surface area contributed by atoms with Gasteiger partial charge in [0.1, 0.15) is 5.75 Å². The summed E-state index contributed by atoms with van der Waals surface area (Å²) in [6.45, 7) is 1.89. The summed E-state index contributed by atoms with van der Waals surface area (Å²) in [4.78, 5) is 0. The average molecular weight is 271 g/mol. The van der Waals surface area contributed by atoms with E-state index in [-0.39, 0.29) is 0 Å². The third-order valence-corrected chi connectivity index (χ3v) is 3.97. The molecule has 1 aromatic carbocycles. The van der Waals surface area contributed by atoms with Crippen molar-refractivity contribution in [1.29, 1.82) is 0 Å². The molecule has 1 atom stereocenters. The fraction of sp³-hybridized carbons (Fsp3) is 0.438. The van der Waals surface area contributed by atoms with E-state index in [1.807, 2.05) is 23.1 Å². The average Bonchev–Trinajstić information content (AvgIpc) is 3.00. The molecule has 0 aliphatic heterocycles. The second-order valence-corrected chi connectivity index (χ2v) is 5.30. The maximum Gasteiger partial charge on any atom is 0.119 e. The number of fused-ring (bicyclic) bond motifs is 1. The smallest absolute Gasteiger partial charge is 0.119 e. The molecule has 0 spiro atoms. The first-order valence-electron chi connectivity index (χ1n) is 7.22. The van der Waals surface area contributed by atoms with Gasteiger partial charge >= 0.3 is 0 Å². The van der Waals surface area contributed by atoms with Crippen LogP contribution >= 0.6 is 0 Å². The number of methoxy groups -OCH3 is 1. The van der Waals surface area contributed by atoms with E-state index in [0.717, 1.165) is 31.7 Å². The molecule has 20 heavy (non-hydrogen) atoms. The molecule has 0 saturated heterocycles. The summed E-state index contributed by atoms with van der Waals surface area (Å²) in [5.74, 6) is 0.959. The van der Waals surface area contributed by atoms with Crippen molar-refractivity contribution in [3.63, 3.8) is 0 Å². The lowest BCUT2D eigenvalue weighted by Gasteiger charge is -2.26. The molecule has 1 aliphatic rings. The SMILES string of the molecule is COc1ccc2c(c1)CC(NCCn1cccn1)CC2. The van der Waals surface area contributed by atoms with Gasteiger partial charge < -0.3 is 10.1 Å². The van der Waals surface area contributed by atoms with Crippen molar-refractivity contribution in [3.05, 3.63) is 47.8 Å². The molecular weight excluding hydrogens is 250 g/mol. The standard InChI is InChI=1S/C16H21N3O/c1-20-16-6-4-13-3-5-15(11-14(13)12-16)17-8-10-19-9-2-7-18-19/h2,4,6-7,9,12,15,17H,3,5,8,10-11H2,1H3. The van der Waals surface area contributed by atoms with E-state index < -0.39 is 0 Å². The molecular formula is C16H21N3O. The molecule has 0 saturated carbocycles. The Morgan fingerprint density at radius 2 is 2.35 bits per heavy atom. The minimum Gasteiger partial charge on any atom is -0.497 e. The number of nitrogens with zero attached hydrogens (tertiary/aromatic N) is 2. The highest BCUT2D eigenvalue weighted by atomic mass is 16.5. The van der Waals surface area contributed by atoms with E-state index >= 15 is 0 Å². The summed E-state index contributed by atoms with van der Waals surface area (Å²) in [6.07, 6.45) is 7.27. The van der Waals surface area contributed by atoms with Gasteiger partial charge in [0.15, 0.2) is 0 Å². The van der Waals surface area contributed by atoms with Crippen LogP contribution in [0.15, 0.2) is 36.7 Å². The van der Waals surface area contributed by atoms with Crippen LogP contribution in [0.25, 0.3) is 0 Å². The van der Waals surface area contributed by atoms with Gasteiger partial charge in [0.2, 0.25) is 0 Å². The number of aromatic nitrogens is 2. The molecule has 0 bridgehead atoms. The van der Waals surface area contributed by atoms with E-state index in [1.165, 1.54) is 17.5 Å². The highest BCUT2D eigenvalue weighted by molar-refractivity contribution is 5.37. The van der Waals surface area contributed by atoms with Crippen molar-refractivity contribution in [3.8, 4) is 5.75 Å². The zero-order valence-electron chi connectivity index (χ0n) is 11.9. The summed E-state index contributed by atoms with van der Waals surface area (Å²) >= 11 is 0. The van der Waals surface area contributed by atoms with Crippen LogP contribution in [0.1, 0.15) is 17.5 Å². The van der Waals surface area contributed by atoms with E-state index in [2.05, 4.69) is 28.6 Å². The first-order chi connectivity index (χ1) is 9.85. The fourth-order valence-corrected chi connectivity index (χ4v) is 2.85. The predicted octanol–water partition coefficient (Wildman–Crippen LogP) is 2.04. The Balaban J connectivity index is 1.55. The van der Waals surface area contributed by atoms with Crippen LogP contribution in [0.4, 0.5) is 0 Å². The molecule has 0 radical (unpaired) electrons. The summed E-state index contributed by atoms with van der Waals surface area (Å²) in [7, 11) is 1.73. The number of ether oxygens (including phenoxy) is 1. The van der Waals surface area contributed by atoms with Gasteiger partial charge in [0, 0.05) is 25.0 Å². The molecule has 1 unspecified atom stereocenters. The molecule has 3 rings (SSSR count). The van der Waals surface area contributed by atoms with Crippen molar-refractivity contribution >= 4 is 0 Å². The zero-order valence-corrected chi connectivity index (χ0v) is 11.9. The molecule has 0 amide bonds. The molecule has 1 aliphatic carbocycles. The van der Waals surface area contributed by atoms with Gasteiger partial charge in [-0.1, -0.05) is 6.07 Å². The lowest BCUT2D eigenvalue weighted by molar-refractivity contribution is 0.409. The monoisotopic (exact) mass is 271 g/mol. The summed E-state index contributed by atoms with van der Waals surface area (Å²) < 4.78 is 7.28. The Bertz CT molecular complexity index is 551. The van der Waals surface area contributed by atoms with Crippen LogP contribution in [-0.4, -0.2) is 29.5 Å². The fourth-order valence-electron chi connectivity index (χ4n) is 2.85. The van der Waals surface area contributed by atoms with E-state index in [0.29, 0.717) is 6.04 Å². The maximum absolute atomic E-state index is 5.31. The van der Waals surface area contributed by atoms with E-state index in [4.69, 9.17) is 4.74 Å². The summed E-state index contributed by atoms with van der Waals surface area (Å²) in [5.41, 5.74) is 2.89. The first kappa shape index (κ1) is 13.2. The largest absolute Gasteiger partial charge is 0.497 e. The molecule has 1 N–H and O–H groups in total. The van der Waals surface area contributed by atoms with Crippen molar-refractivity contribution in [1.82, 2.24) is 15.1 Å². The van der Waals surface area contributed by atoms with Gasteiger partial charge in [0.25, 0.3) is 0 Å². The number of aryl methyl sites for hydroxylation is 1. The van der Waals surface area contributed by atoms with Crippen molar-refractivity contribution in [2.75, 3.05) is 13.7 Å². The Hall–Kier alpha value is -1.81. The summed E-state index contributed by atoms with van der Waals surface area (Å²) in [5, 5.41) is 7.85. The van der Waals surface area contributed by atoms with Gasteiger partial charge in [-0.2, -0.15) is 5.10 Å². The Morgan fingerprint density at radius 3 is 3.15 bits per heavy atom. The molecule has 1 aromatic heterocycles. The number of hydrogen-bond donors (Lipinski definition) is 1. The highest BCUT2D eigenvalue weighted by Gasteiger charge is 2.18.